The van der Waals surface area contributed by atoms with E-state index < -0.39 is 21.6 Å². The number of aryl methyl sites for hydroxylation is 2. The van der Waals surface area contributed by atoms with Gasteiger partial charge in [0.2, 0.25) is 0 Å². The van der Waals surface area contributed by atoms with Gasteiger partial charge in [-0.3, -0.25) is 0 Å². The van der Waals surface area contributed by atoms with Crippen molar-refractivity contribution in [2.75, 3.05) is 24.4 Å². The number of hydrogen-bond acceptors (Lipinski definition) is 6. The number of nitrogens with one attached hydrogen (secondary N) is 1. The third-order valence-corrected chi connectivity index (χ3v) is 5.53. The maximum atomic E-state index is 15.3. The lowest BCUT2D eigenvalue weighted by atomic mass is 9.94. The topological polar surface area (TPSA) is 90.3 Å². The zero-order chi connectivity index (χ0) is 21.3. The average Bonchev–Trinajstić information content (AvgIpc) is 3.06. The van der Waals surface area contributed by atoms with Crippen molar-refractivity contribution in [1.82, 2.24) is 9.55 Å². The van der Waals surface area contributed by atoms with Crippen LogP contribution < -0.4 is 10.8 Å². The molecule has 1 heterocycles. The van der Waals surface area contributed by atoms with E-state index in [0.717, 1.165) is 17.3 Å². The fraction of sp³-hybridized carbons (Fsp3) is 0.263. The molecule has 0 aliphatic carbocycles. The fourth-order valence-corrected chi connectivity index (χ4v) is 3.61. The standard InChI is InChI=1S/C19H21BFN3O4S/c1-11-8-12(20)4-5-14(11)23-17-13(19(25)28-2)9-15-18(16(17)21)22-10-24(15)6-7-29(3,26)27/h4-5,8-10,23H,6-7,20H2,1-3H3. The van der Waals surface area contributed by atoms with Gasteiger partial charge in [0.05, 0.1) is 36.0 Å². The first-order valence-corrected chi connectivity index (χ1v) is 10.9. The molecule has 0 atom stereocenters. The minimum atomic E-state index is -3.21. The molecule has 29 heavy (non-hydrogen) atoms. The summed E-state index contributed by atoms with van der Waals surface area (Å²) in [6, 6.07) is 7.09. The molecule has 0 aliphatic heterocycles. The molecule has 3 aromatic rings. The van der Waals surface area contributed by atoms with E-state index >= 15 is 4.39 Å². The van der Waals surface area contributed by atoms with Crippen LogP contribution in [0.3, 0.4) is 0 Å². The lowest BCUT2D eigenvalue weighted by Gasteiger charge is -2.15. The highest BCUT2D eigenvalue weighted by Crippen LogP contribution is 2.32. The van der Waals surface area contributed by atoms with Gasteiger partial charge in [-0.25, -0.2) is 22.6 Å². The summed E-state index contributed by atoms with van der Waals surface area (Å²) < 4.78 is 44.6. The Labute approximate surface area is 169 Å². The van der Waals surface area contributed by atoms with Gasteiger partial charge in [0.1, 0.15) is 23.2 Å². The number of rotatable bonds is 6. The van der Waals surface area contributed by atoms with Gasteiger partial charge in [-0.15, -0.1) is 0 Å². The molecular weight excluding hydrogens is 396 g/mol. The van der Waals surface area contributed by atoms with Crippen LogP contribution in [0.25, 0.3) is 11.0 Å². The third kappa shape index (κ3) is 4.42. The van der Waals surface area contributed by atoms with Crippen LogP contribution in [0.2, 0.25) is 0 Å². The molecule has 152 valence electrons. The maximum Gasteiger partial charge on any atom is 0.340 e. The zero-order valence-electron chi connectivity index (χ0n) is 16.6. The molecular formula is C19H21BFN3O4S. The molecule has 0 fully saturated rings. The SMILES string of the molecule is Bc1ccc(Nc2c(C(=O)OC)cc3c(ncn3CCS(C)(=O)=O)c2F)c(C)c1. The molecule has 0 radical (unpaired) electrons. The fourth-order valence-electron chi connectivity index (χ4n) is 3.08. The highest BCUT2D eigenvalue weighted by molar-refractivity contribution is 7.90. The summed E-state index contributed by atoms with van der Waals surface area (Å²) in [6.45, 7) is 1.97. The summed E-state index contributed by atoms with van der Waals surface area (Å²) in [7, 11) is -0.0482. The number of fused-ring (bicyclic) bond motifs is 1. The Hall–Kier alpha value is -2.88. The number of sulfone groups is 1. The van der Waals surface area contributed by atoms with Crippen molar-refractivity contribution in [2.24, 2.45) is 0 Å². The van der Waals surface area contributed by atoms with Gasteiger partial charge in [0, 0.05) is 18.5 Å². The average molecular weight is 417 g/mol. The number of anilines is 2. The summed E-state index contributed by atoms with van der Waals surface area (Å²) in [6.07, 6.45) is 2.49. The third-order valence-electron chi connectivity index (χ3n) is 4.61. The van der Waals surface area contributed by atoms with E-state index in [0.29, 0.717) is 11.2 Å². The van der Waals surface area contributed by atoms with Crippen LogP contribution in [0.5, 0.6) is 0 Å². The molecule has 1 N–H and O–H groups in total. The predicted molar refractivity (Wildman–Crippen MR) is 113 cm³/mol. The number of aromatic nitrogens is 2. The van der Waals surface area contributed by atoms with Gasteiger partial charge in [-0.1, -0.05) is 17.6 Å². The molecule has 3 rings (SSSR count). The van der Waals surface area contributed by atoms with Crippen LogP contribution in [0, 0.1) is 12.7 Å². The van der Waals surface area contributed by atoms with Gasteiger partial charge in [-0.2, -0.15) is 0 Å². The molecule has 7 nitrogen and oxygen atoms in total. The van der Waals surface area contributed by atoms with Crippen LogP contribution >= 0.6 is 0 Å². The van der Waals surface area contributed by atoms with Crippen LogP contribution in [-0.2, 0) is 21.1 Å². The Morgan fingerprint density at radius 3 is 2.69 bits per heavy atom. The highest BCUT2D eigenvalue weighted by Gasteiger charge is 2.23. The number of nitrogens with zero attached hydrogens (tertiary/aromatic N) is 2. The maximum absolute atomic E-state index is 15.3. The van der Waals surface area contributed by atoms with Crippen molar-refractivity contribution in [3.05, 3.63) is 47.5 Å². The number of halogens is 1. The van der Waals surface area contributed by atoms with Crippen molar-refractivity contribution in [2.45, 2.75) is 13.5 Å². The number of imidazole rings is 1. The minimum absolute atomic E-state index is 0.00131. The lowest BCUT2D eigenvalue weighted by Crippen LogP contribution is -2.12. The molecule has 2 aromatic carbocycles. The highest BCUT2D eigenvalue weighted by atomic mass is 32.2. The van der Waals surface area contributed by atoms with E-state index in [2.05, 4.69) is 10.3 Å². The van der Waals surface area contributed by atoms with Gasteiger partial charge in [-0.05, 0) is 24.6 Å². The van der Waals surface area contributed by atoms with Gasteiger partial charge in [0.25, 0.3) is 0 Å². The van der Waals surface area contributed by atoms with E-state index in [9.17, 15) is 13.2 Å². The van der Waals surface area contributed by atoms with Gasteiger partial charge >= 0.3 is 5.97 Å². The lowest BCUT2D eigenvalue weighted by molar-refractivity contribution is 0.0601. The number of ether oxygens (including phenoxy) is 1. The quantitative estimate of drug-likeness (QED) is 0.481. The molecule has 1 aromatic heterocycles. The summed E-state index contributed by atoms with van der Waals surface area (Å²) in [5.41, 5.74) is 2.91. The normalized spacial score (nSPS) is 11.6. The number of carbonyl (C=O) groups is 1. The second-order valence-corrected chi connectivity index (χ2v) is 9.24. The second kappa shape index (κ2) is 7.86. The van der Waals surface area contributed by atoms with Crippen LogP contribution in [0.1, 0.15) is 15.9 Å². The van der Waals surface area contributed by atoms with Crippen LogP contribution in [0.4, 0.5) is 15.8 Å². The van der Waals surface area contributed by atoms with Crippen LogP contribution in [0.15, 0.2) is 30.6 Å². The molecule has 0 saturated heterocycles. The molecule has 10 heteroatoms. The Morgan fingerprint density at radius 2 is 2.07 bits per heavy atom. The molecule has 0 amide bonds. The first kappa shape index (κ1) is 20.8. The summed E-state index contributed by atoms with van der Waals surface area (Å²) in [5, 5.41) is 2.99. The predicted octanol–water partition coefficient (Wildman–Crippen LogP) is 1.32. The Bertz CT molecular complexity index is 1210. The van der Waals surface area contributed by atoms with E-state index in [1.165, 1.54) is 24.1 Å². The van der Waals surface area contributed by atoms with Crippen molar-refractivity contribution in [3.8, 4) is 0 Å². The van der Waals surface area contributed by atoms with Crippen molar-refractivity contribution < 1.29 is 22.3 Å². The number of benzene rings is 2. The Balaban J connectivity index is 2.14. The van der Waals surface area contributed by atoms with Gasteiger partial charge in [0.15, 0.2) is 5.82 Å². The largest absolute Gasteiger partial charge is 0.465 e. The van der Waals surface area contributed by atoms with E-state index in [1.807, 2.05) is 26.9 Å². The minimum Gasteiger partial charge on any atom is -0.465 e. The molecule has 0 aliphatic rings. The molecule has 0 saturated carbocycles. The number of esters is 1. The Kier molecular flexibility index (Phi) is 5.65. The first-order chi connectivity index (χ1) is 13.6. The molecule has 0 unspecified atom stereocenters. The van der Waals surface area contributed by atoms with Gasteiger partial charge < -0.3 is 14.6 Å². The number of methoxy groups -OCH3 is 1. The molecule has 0 bridgehead atoms. The summed E-state index contributed by atoms with van der Waals surface area (Å²) in [4.78, 5) is 16.4. The monoisotopic (exact) mass is 417 g/mol. The Morgan fingerprint density at radius 1 is 1.34 bits per heavy atom. The van der Waals surface area contributed by atoms with Crippen LogP contribution in [-0.4, -0.2) is 50.9 Å². The van der Waals surface area contributed by atoms with E-state index in [1.54, 1.807) is 6.07 Å². The number of carbonyl (C=O) groups excluding carboxylic acids is 1. The molecule has 0 spiro atoms. The summed E-state index contributed by atoms with van der Waals surface area (Å²) >= 11 is 0. The van der Waals surface area contributed by atoms with E-state index in [4.69, 9.17) is 4.74 Å². The zero-order valence-corrected chi connectivity index (χ0v) is 17.4. The van der Waals surface area contributed by atoms with Crippen molar-refractivity contribution >= 4 is 51.5 Å². The first-order valence-electron chi connectivity index (χ1n) is 8.88. The number of hydrogen-bond donors (Lipinski definition) is 1. The smallest absolute Gasteiger partial charge is 0.340 e. The van der Waals surface area contributed by atoms with E-state index in [-0.39, 0.29) is 29.1 Å². The summed E-state index contributed by atoms with van der Waals surface area (Å²) in [5.74, 6) is -1.55. The van der Waals surface area contributed by atoms with Crippen molar-refractivity contribution in [3.63, 3.8) is 0 Å². The second-order valence-electron chi connectivity index (χ2n) is 6.98. The van der Waals surface area contributed by atoms with Crippen molar-refractivity contribution in [1.29, 1.82) is 0 Å².